The minimum absolute atomic E-state index is 0.00756. The van der Waals surface area contributed by atoms with E-state index in [4.69, 9.17) is 5.73 Å². The number of carboxylic acids is 1. The topological polar surface area (TPSA) is 166 Å². The van der Waals surface area contributed by atoms with Crippen molar-refractivity contribution in [2.45, 2.75) is 18.9 Å². The Morgan fingerprint density at radius 1 is 1.32 bits per heavy atom. The van der Waals surface area contributed by atoms with Gasteiger partial charge in [-0.05, 0) is 18.9 Å². The standard InChI is InChI=1S/C29H25FN8O3/c1-33-19-6-18(30)15(8-31)21-22-24(38-4-3-29(12-38)7-20(29)32)16(10-34-26(22)36-23(19)21)13-5-14-25(39)17(28(40)41)11-37(2)27(14)35-9-13/h5-6,9-11,20,33H,3-4,7,12,32H2,1-2H3,(H,34,36)(H,40,41)/t20-,29-/m1/s1. The largest absolute Gasteiger partial charge is 0.477 e. The molecule has 11 nitrogen and oxygen atoms in total. The number of aromatic amines is 1. The van der Waals surface area contributed by atoms with Crippen LogP contribution in [0.5, 0.6) is 0 Å². The Labute approximate surface area is 232 Å². The van der Waals surface area contributed by atoms with E-state index < -0.39 is 17.2 Å². The number of pyridine rings is 3. The predicted octanol–water partition coefficient (Wildman–Crippen LogP) is 3.31. The van der Waals surface area contributed by atoms with Gasteiger partial charge in [-0.25, -0.2) is 19.2 Å². The maximum atomic E-state index is 15.2. The average molecular weight is 553 g/mol. The second kappa shape index (κ2) is 8.49. The number of hydrogen-bond donors (Lipinski definition) is 4. The maximum absolute atomic E-state index is 15.2. The van der Waals surface area contributed by atoms with E-state index in [0.717, 1.165) is 18.5 Å². The van der Waals surface area contributed by atoms with Crippen molar-refractivity contribution in [3.8, 4) is 17.2 Å². The number of nitrogens with zero attached hydrogens (tertiary/aromatic N) is 5. The van der Waals surface area contributed by atoms with Gasteiger partial charge in [0.2, 0.25) is 5.43 Å². The van der Waals surface area contributed by atoms with E-state index in [-0.39, 0.29) is 28.0 Å². The first-order valence-corrected chi connectivity index (χ1v) is 13.2. The van der Waals surface area contributed by atoms with Gasteiger partial charge < -0.3 is 30.6 Å². The van der Waals surface area contributed by atoms with Crippen LogP contribution in [-0.4, -0.2) is 56.8 Å². The van der Waals surface area contributed by atoms with Crippen molar-refractivity contribution in [1.29, 1.82) is 5.26 Å². The van der Waals surface area contributed by atoms with E-state index in [9.17, 15) is 20.0 Å². The molecule has 5 heterocycles. The van der Waals surface area contributed by atoms with E-state index >= 15 is 4.39 Å². The second-order valence-electron chi connectivity index (χ2n) is 11.0. The number of rotatable bonds is 4. The van der Waals surface area contributed by atoms with Gasteiger partial charge in [0.15, 0.2) is 0 Å². The van der Waals surface area contributed by atoms with Crippen molar-refractivity contribution in [1.82, 2.24) is 19.5 Å². The summed E-state index contributed by atoms with van der Waals surface area (Å²) in [6.07, 6.45) is 6.34. The number of carbonyl (C=O) groups is 1. The molecule has 1 saturated heterocycles. The first-order valence-electron chi connectivity index (χ1n) is 13.2. The molecule has 4 aromatic heterocycles. The van der Waals surface area contributed by atoms with Crippen LogP contribution in [0, 0.1) is 22.6 Å². The predicted molar refractivity (Wildman–Crippen MR) is 153 cm³/mol. The molecule has 5 aromatic rings. The van der Waals surface area contributed by atoms with Gasteiger partial charge in [-0.1, -0.05) is 0 Å². The summed E-state index contributed by atoms with van der Waals surface area (Å²) in [6, 6.07) is 5.04. The molecular weight excluding hydrogens is 527 g/mol. The molecule has 12 heteroatoms. The van der Waals surface area contributed by atoms with Gasteiger partial charge in [-0.2, -0.15) is 5.26 Å². The average Bonchev–Trinajstić information content (AvgIpc) is 3.26. The number of anilines is 2. The summed E-state index contributed by atoms with van der Waals surface area (Å²) in [5, 5.41) is 23.7. The molecule has 1 aromatic carbocycles. The highest BCUT2D eigenvalue weighted by molar-refractivity contribution is 6.19. The Hall–Kier alpha value is -5.02. The third kappa shape index (κ3) is 3.45. The van der Waals surface area contributed by atoms with Crippen LogP contribution in [0.3, 0.4) is 0 Å². The lowest BCUT2D eigenvalue weighted by molar-refractivity contribution is 0.0695. The van der Waals surface area contributed by atoms with Crippen molar-refractivity contribution in [2.24, 2.45) is 18.2 Å². The van der Waals surface area contributed by atoms with Crippen LogP contribution in [0.2, 0.25) is 0 Å². The number of aryl methyl sites for hydroxylation is 1. The molecule has 1 aliphatic heterocycles. The number of fused-ring (bicyclic) bond motifs is 4. The molecule has 1 spiro atoms. The highest BCUT2D eigenvalue weighted by Gasteiger charge is 2.56. The van der Waals surface area contributed by atoms with Crippen LogP contribution in [0.25, 0.3) is 44.1 Å². The Kier molecular flexibility index (Phi) is 5.17. The first-order chi connectivity index (χ1) is 19.7. The number of nitriles is 1. The molecule has 0 unspecified atom stereocenters. The van der Waals surface area contributed by atoms with E-state index in [0.29, 0.717) is 57.5 Å². The molecule has 5 N–H and O–H groups in total. The van der Waals surface area contributed by atoms with Crippen molar-refractivity contribution in [3.63, 3.8) is 0 Å². The third-order valence-electron chi connectivity index (χ3n) is 8.71. The van der Waals surface area contributed by atoms with Crippen molar-refractivity contribution < 1.29 is 14.3 Å². The summed E-state index contributed by atoms with van der Waals surface area (Å²) in [7, 11) is 3.31. The number of aromatic nitrogens is 4. The van der Waals surface area contributed by atoms with Crippen molar-refractivity contribution in [2.75, 3.05) is 30.4 Å². The normalized spacial score (nSPS) is 19.9. The van der Waals surface area contributed by atoms with Crippen LogP contribution in [0.15, 0.2) is 35.5 Å². The lowest BCUT2D eigenvalue weighted by Crippen LogP contribution is -2.24. The number of nitrogens with one attached hydrogen (secondary N) is 2. The molecule has 0 radical (unpaired) electrons. The molecule has 0 bridgehead atoms. The van der Waals surface area contributed by atoms with Gasteiger partial charge in [0.05, 0.1) is 33.2 Å². The monoisotopic (exact) mass is 552 g/mol. The summed E-state index contributed by atoms with van der Waals surface area (Å²) < 4.78 is 16.7. The van der Waals surface area contributed by atoms with Crippen molar-refractivity contribution in [3.05, 3.63) is 57.9 Å². The number of benzene rings is 1. The van der Waals surface area contributed by atoms with Gasteiger partial charge in [-0.3, -0.25) is 4.79 Å². The van der Waals surface area contributed by atoms with Gasteiger partial charge in [0, 0.05) is 79.8 Å². The molecule has 0 amide bonds. The summed E-state index contributed by atoms with van der Waals surface area (Å²) in [6.45, 7) is 1.36. The minimum Gasteiger partial charge on any atom is -0.477 e. The Morgan fingerprint density at radius 3 is 2.76 bits per heavy atom. The number of nitrogens with two attached hydrogens (primary N) is 1. The summed E-state index contributed by atoms with van der Waals surface area (Å²) in [4.78, 5) is 39.6. The number of carboxylic acid groups (broad SMARTS) is 1. The quantitative estimate of drug-likeness (QED) is 0.262. The number of hydrogen-bond acceptors (Lipinski definition) is 8. The van der Waals surface area contributed by atoms with Crippen LogP contribution in [-0.2, 0) is 7.05 Å². The van der Waals surface area contributed by atoms with Crippen LogP contribution in [0.1, 0.15) is 28.8 Å². The Bertz CT molecular complexity index is 2080. The van der Waals surface area contributed by atoms with E-state index in [1.54, 1.807) is 32.6 Å². The Morgan fingerprint density at radius 2 is 2.10 bits per heavy atom. The smallest absolute Gasteiger partial charge is 0.341 e. The third-order valence-corrected chi connectivity index (χ3v) is 8.71. The molecule has 2 atom stereocenters. The van der Waals surface area contributed by atoms with Crippen LogP contribution < -0.4 is 21.4 Å². The van der Waals surface area contributed by atoms with Gasteiger partial charge in [0.25, 0.3) is 0 Å². The lowest BCUT2D eigenvalue weighted by Gasteiger charge is -2.24. The number of halogens is 1. The second-order valence-corrected chi connectivity index (χ2v) is 11.0. The molecule has 2 aliphatic rings. The molecular formula is C29H25FN8O3. The van der Waals surface area contributed by atoms with Crippen LogP contribution in [0.4, 0.5) is 15.8 Å². The SMILES string of the molecule is CNc1cc(F)c(C#N)c2c1[nH]c1ncc(-c3cnc4c(c3)c(=O)c(C(=O)O)cn4C)c(N3CC[C@@]4(C[C@H]4N)C3)c12. The zero-order chi connectivity index (χ0) is 28.8. The fraction of sp³-hybridized carbons (Fsp3) is 0.276. The summed E-state index contributed by atoms with van der Waals surface area (Å²) in [5.41, 5.74) is 8.98. The van der Waals surface area contributed by atoms with Crippen LogP contribution >= 0.6 is 0 Å². The van der Waals surface area contributed by atoms with Gasteiger partial charge >= 0.3 is 5.97 Å². The first kappa shape index (κ1) is 25.0. The minimum atomic E-state index is -1.32. The number of H-pyrrole nitrogens is 1. The van der Waals surface area contributed by atoms with E-state index in [1.807, 2.05) is 6.07 Å². The highest BCUT2D eigenvalue weighted by atomic mass is 19.1. The molecule has 41 heavy (non-hydrogen) atoms. The zero-order valence-corrected chi connectivity index (χ0v) is 22.2. The lowest BCUT2D eigenvalue weighted by atomic mass is 9.99. The zero-order valence-electron chi connectivity index (χ0n) is 22.2. The van der Waals surface area contributed by atoms with E-state index in [1.165, 1.54) is 16.8 Å². The highest BCUT2D eigenvalue weighted by Crippen LogP contribution is 2.54. The van der Waals surface area contributed by atoms with Gasteiger partial charge in [-0.15, -0.1) is 0 Å². The summed E-state index contributed by atoms with van der Waals surface area (Å²) >= 11 is 0. The Balaban J connectivity index is 1.57. The molecule has 2 fully saturated rings. The molecule has 7 rings (SSSR count). The van der Waals surface area contributed by atoms with Crippen molar-refractivity contribution >= 4 is 50.3 Å². The van der Waals surface area contributed by atoms with E-state index in [2.05, 4.69) is 25.2 Å². The molecule has 1 aliphatic carbocycles. The summed E-state index contributed by atoms with van der Waals surface area (Å²) in [5.74, 6) is -1.98. The number of aromatic carboxylic acids is 1. The maximum Gasteiger partial charge on any atom is 0.341 e. The molecule has 1 saturated carbocycles. The fourth-order valence-corrected chi connectivity index (χ4v) is 6.43. The fourth-order valence-electron chi connectivity index (χ4n) is 6.43. The van der Waals surface area contributed by atoms with Gasteiger partial charge in [0.1, 0.15) is 28.7 Å². The molecule has 206 valence electrons.